The summed E-state index contributed by atoms with van der Waals surface area (Å²) in [4.78, 5) is 32.4. The minimum absolute atomic E-state index is 0.241. The van der Waals surface area contributed by atoms with Crippen LogP contribution in [-0.4, -0.2) is 39.9 Å². The molecule has 1 saturated carbocycles. The van der Waals surface area contributed by atoms with E-state index in [1.54, 1.807) is 39.2 Å². The number of H-pyrrole nitrogens is 1. The van der Waals surface area contributed by atoms with E-state index in [-0.39, 0.29) is 17.4 Å². The fourth-order valence-corrected chi connectivity index (χ4v) is 3.13. The molecule has 9 nitrogen and oxygen atoms in total. The summed E-state index contributed by atoms with van der Waals surface area (Å²) in [6, 6.07) is 6.78. The maximum Gasteiger partial charge on any atom is 0.260 e. The highest BCUT2D eigenvalue weighted by molar-refractivity contribution is 6.06. The summed E-state index contributed by atoms with van der Waals surface area (Å²) in [7, 11) is 3.04. The zero-order chi connectivity index (χ0) is 21.4. The Bertz CT molecular complexity index is 1180. The molecular weight excluding hydrogens is 386 g/mol. The smallest absolute Gasteiger partial charge is 0.260 e. The molecule has 2 N–H and O–H groups in total. The summed E-state index contributed by atoms with van der Waals surface area (Å²) in [5, 5.41) is 7.46. The lowest BCUT2D eigenvalue weighted by Gasteiger charge is -2.12. The van der Waals surface area contributed by atoms with Gasteiger partial charge in [0.05, 0.1) is 25.5 Å². The Morgan fingerprint density at radius 2 is 1.97 bits per heavy atom. The molecule has 1 aliphatic rings. The molecule has 0 unspecified atom stereocenters. The maximum atomic E-state index is 13.0. The summed E-state index contributed by atoms with van der Waals surface area (Å²) in [6.45, 7) is 3.47. The second-order valence-electron chi connectivity index (χ2n) is 7.26. The van der Waals surface area contributed by atoms with Crippen molar-refractivity contribution in [3.8, 4) is 17.4 Å². The van der Waals surface area contributed by atoms with Crippen molar-refractivity contribution in [2.24, 2.45) is 0 Å². The number of nitrogens with one attached hydrogen (secondary N) is 2. The Hall–Kier alpha value is -3.62. The normalized spacial score (nSPS) is 13.2. The summed E-state index contributed by atoms with van der Waals surface area (Å²) < 4.78 is 12.0. The molecule has 1 amide bonds. The van der Waals surface area contributed by atoms with Crippen LogP contribution in [0.1, 0.15) is 46.1 Å². The van der Waals surface area contributed by atoms with Gasteiger partial charge in [-0.15, -0.1) is 0 Å². The molecule has 156 valence electrons. The second-order valence-corrected chi connectivity index (χ2v) is 7.26. The Morgan fingerprint density at radius 1 is 1.20 bits per heavy atom. The fraction of sp³-hybridized carbons (Fsp3) is 0.333. The van der Waals surface area contributed by atoms with Crippen LogP contribution in [0.2, 0.25) is 0 Å². The molecular formula is C21H23N5O4. The van der Waals surface area contributed by atoms with Crippen LogP contribution < -0.4 is 20.3 Å². The highest BCUT2D eigenvalue weighted by atomic mass is 16.5. The lowest BCUT2D eigenvalue weighted by molar-refractivity contribution is 0.102. The number of carbonyl (C=O) groups is 1. The Labute approximate surface area is 173 Å². The predicted molar refractivity (Wildman–Crippen MR) is 111 cm³/mol. The Morgan fingerprint density at radius 3 is 2.60 bits per heavy atom. The number of benzene rings is 1. The molecule has 9 heteroatoms. The SMILES string of the molecule is COc1ccc(C(=O)Nc2cc(C3CC3)nn2-c2nc(C)c(C)c(=O)[nH]2)c(OC)c1. The molecule has 0 bridgehead atoms. The largest absolute Gasteiger partial charge is 0.497 e. The first-order valence-electron chi connectivity index (χ1n) is 9.62. The predicted octanol–water partition coefficient (Wildman–Crippen LogP) is 2.72. The minimum Gasteiger partial charge on any atom is -0.497 e. The number of anilines is 1. The van der Waals surface area contributed by atoms with E-state index in [2.05, 4.69) is 20.4 Å². The van der Waals surface area contributed by atoms with Gasteiger partial charge < -0.3 is 14.8 Å². The number of rotatable bonds is 6. The zero-order valence-electron chi connectivity index (χ0n) is 17.3. The fourth-order valence-electron chi connectivity index (χ4n) is 3.13. The number of methoxy groups -OCH3 is 2. The molecule has 4 rings (SSSR count). The number of aromatic nitrogens is 4. The van der Waals surface area contributed by atoms with E-state index >= 15 is 0 Å². The van der Waals surface area contributed by atoms with Crippen molar-refractivity contribution in [1.29, 1.82) is 0 Å². The molecule has 1 aliphatic carbocycles. The molecule has 0 spiro atoms. The molecule has 0 atom stereocenters. The number of hydrogen-bond acceptors (Lipinski definition) is 6. The quantitative estimate of drug-likeness (QED) is 0.648. The third-order valence-corrected chi connectivity index (χ3v) is 5.20. The van der Waals surface area contributed by atoms with Gasteiger partial charge in [0, 0.05) is 29.3 Å². The third-order valence-electron chi connectivity index (χ3n) is 5.20. The lowest BCUT2D eigenvalue weighted by atomic mass is 10.1. The van der Waals surface area contributed by atoms with E-state index in [0.29, 0.717) is 40.1 Å². The van der Waals surface area contributed by atoms with Crippen molar-refractivity contribution in [1.82, 2.24) is 19.7 Å². The standard InChI is InChI=1S/C21H23N5O4/c1-11-12(2)22-21(24-19(11)27)26-18(10-16(25-26)13-5-6-13)23-20(28)15-8-7-14(29-3)9-17(15)30-4/h7-10,13H,5-6H2,1-4H3,(H,23,28)(H,22,24,27). The first-order valence-corrected chi connectivity index (χ1v) is 9.62. The lowest BCUT2D eigenvalue weighted by Crippen LogP contribution is -2.21. The van der Waals surface area contributed by atoms with Gasteiger partial charge in [-0.2, -0.15) is 9.78 Å². The van der Waals surface area contributed by atoms with Crippen molar-refractivity contribution < 1.29 is 14.3 Å². The van der Waals surface area contributed by atoms with Gasteiger partial charge in [0.1, 0.15) is 17.3 Å². The van der Waals surface area contributed by atoms with Gasteiger partial charge in [-0.1, -0.05) is 0 Å². The van der Waals surface area contributed by atoms with Crippen LogP contribution in [0.5, 0.6) is 11.5 Å². The number of hydrogen-bond donors (Lipinski definition) is 2. The van der Waals surface area contributed by atoms with Gasteiger partial charge in [-0.25, -0.2) is 4.98 Å². The Kier molecular flexibility index (Phi) is 5.03. The summed E-state index contributed by atoms with van der Waals surface area (Å²) in [5.74, 6) is 1.64. The number of carbonyl (C=O) groups excluding carboxylic acids is 1. The van der Waals surface area contributed by atoms with Crippen molar-refractivity contribution in [3.63, 3.8) is 0 Å². The molecule has 3 aromatic rings. The monoisotopic (exact) mass is 409 g/mol. The van der Waals surface area contributed by atoms with Crippen molar-refractivity contribution in [2.45, 2.75) is 32.6 Å². The molecule has 1 aromatic carbocycles. The van der Waals surface area contributed by atoms with Crippen LogP contribution in [-0.2, 0) is 0 Å². The maximum absolute atomic E-state index is 13.0. The second kappa shape index (κ2) is 7.66. The molecule has 0 aliphatic heterocycles. The van der Waals surface area contributed by atoms with Gasteiger partial charge in [-0.05, 0) is 38.8 Å². The van der Waals surface area contributed by atoms with Crippen LogP contribution in [0.3, 0.4) is 0 Å². The molecule has 0 radical (unpaired) electrons. The van der Waals surface area contributed by atoms with Crippen LogP contribution in [0.15, 0.2) is 29.1 Å². The van der Waals surface area contributed by atoms with E-state index in [4.69, 9.17) is 9.47 Å². The van der Waals surface area contributed by atoms with Crippen LogP contribution in [0, 0.1) is 13.8 Å². The van der Waals surface area contributed by atoms with Crippen molar-refractivity contribution in [3.05, 3.63) is 57.1 Å². The minimum atomic E-state index is -0.371. The highest BCUT2D eigenvalue weighted by Crippen LogP contribution is 2.40. The van der Waals surface area contributed by atoms with Gasteiger partial charge >= 0.3 is 0 Å². The van der Waals surface area contributed by atoms with E-state index in [0.717, 1.165) is 18.5 Å². The average Bonchev–Trinajstić information content (AvgIpc) is 3.51. The number of aryl methyl sites for hydroxylation is 1. The summed E-state index contributed by atoms with van der Waals surface area (Å²) in [6.07, 6.45) is 2.10. The summed E-state index contributed by atoms with van der Waals surface area (Å²) in [5.41, 5.74) is 2.11. The van der Waals surface area contributed by atoms with E-state index < -0.39 is 0 Å². The topological polar surface area (TPSA) is 111 Å². The van der Waals surface area contributed by atoms with Gasteiger partial charge in [0.2, 0.25) is 5.95 Å². The first-order chi connectivity index (χ1) is 14.4. The van der Waals surface area contributed by atoms with Crippen LogP contribution >= 0.6 is 0 Å². The molecule has 2 heterocycles. The van der Waals surface area contributed by atoms with Gasteiger partial charge in [0.25, 0.3) is 11.5 Å². The van der Waals surface area contributed by atoms with Crippen LogP contribution in [0.25, 0.3) is 5.95 Å². The average molecular weight is 409 g/mol. The number of nitrogens with zero attached hydrogens (tertiary/aromatic N) is 3. The van der Waals surface area contributed by atoms with Crippen molar-refractivity contribution >= 4 is 11.7 Å². The third kappa shape index (κ3) is 3.66. The molecule has 0 saturated heterocycles. The first kappa shape index (κ1) is 19.7. The van der Waals surface area contributed by atoms with Crippen molar-refractivity contribution in [2.75, 3.05) is 19.5 Å². The molecule has 30 heavy (non-hydrogen) atoms. The highest BCUT2D eigenvalue weighted by Gasteiger charge is 2.29. The number of ether oxygens (including phenoxy) is 2. The molecule has 1 fully saturated rings. The summed E-state index contributed by atoms with van der Waals surface area (Å²) >= 11 is 0. The molecule has 2 aromatic heterocycles. The Balaban J connectivity index is 1.73. The van der Waals surface area contributed by atoms with E-state index in [1.807, 2.05) is 6.07 Å². The van der Waals surface area contributed by atoms with E-state index in [9.17, 15) is 9.59 Å². The van der Waals surface area contributed by atoms with Crippen LogP contribution in [0.4, 0.5) is 5.82 Å². The van der Waals surface area contributed by atoms with Gasteiger partial charge in [0.15, 0.2) is 0 Å². The van der Waals surface area contributed by atoms with E-state index in [1.165, 1.54) is 11.8 Å². The number of amides is 1. The zero-order valence-corrected chi connectivity index (χ0v) is 17.3. The number of aromatic amines is 1. The van der Waals surface area contributed by atoms with Gasteiger partial charge in [-0.3, -0.25) is 14.6 Å².